The second-order valence-corrected chi connectivity index (χ2v) is 8.29. The lowest BCUT2D eigenvalue weighted by Crippen LogP contribution is -2.00. The molecule has 2 aromatic carbocycles. The SMILES string of the molecule is Cc1ccc(C)c(C2CC2C(=O)O)c1.Cc1ccc(C)c(C2CC2C(=O)O)c1. The lowest BCUT2D eigenvalue weighted by molar-refractivity contribution is -0.139. The van der Waals surface area contributed by atoms with Gasteiger partial charge in [-0.25, -0.2) is 0 Å². The first kappa shape index (κ1) is 20.1. The first-order valence-electron chi connectivity index (χ1n) is 9.79. The van der Waals surface area contributed by atoms with Crippen molar-refractivity contribution in [2.45, 2.75) is 52.4 Å². The number of carboxylic acids is 2. The zero-order valence-electron chi connectivity index (χ0n) is 16.9. The van der Waals surface area contributed by atoms with Gasteiger partial charge in [-0.3, -0.25) is 9.59 Å². The van der Waals surface area contributed by atoms with E-state index in [4.69, 9.17) is 10.2 Å². The second kappa shape index (κ2) is 7.78. The number of rotatable bonds is 4. The number of benzene rings is 2. The number of aliphatic carboxylic acids is 2. The molecule has 2 N–H and O–H groups in total. The Kier molecular flexibility index (Phi) is 5.59. The van der Waals surface area contributed by atoms with Gasteiger partial charge < -0.3 is 10.2 Å². The highest BCUT2D eigenvalue weighted by molar-refractivity contribution is 5.76. The van der Waals surface area contributed by atoms with Gasteiger partial charge in [-0.2, -0.15) is 0 Å². The van der Waals surface area contributed by atoms with Gasteiger partial charge in [0.05, 0.1) is 11.8 Å². The monoisotopic (exact) mass is 380 g/mol. The Morgan fingerprint density at radius 2 is 1.07 bits per heavy atom. The zero-order chi connectivity index (χ0) is 20.6. The molecule has 4 heteroatoms. The maximum absolute atomic E-state index is 10.7. The Bertz CT molecular complexity index is 839. The fourth-order valence-corrected chi connectivity index (χ4v) is 3.94. The van der Waals surface area contributed by atoms with Gasteiger partial charge in [-0.15, -0.1) is 0 Å². The van der Waals surface area contributed by atoms with Crippen molar-refractivity contribution >= 4 is 11.9 Å². The number of hydrogen-bond acceptors (Lipinski definition) is 2. The van der Waals surface area contributed by atoms with Crippen molar-refractivity contribution in [3.8, 4) is 0 Å². The normalized spacial score (nSPS) is 24.7. The van der Waals surface area contributed by atoms with E-state index < -0.39 is 11.9 Å². The molecule has 28 heavy (non-hydrogen) atoms. The molecule has 148 valence electrons. The average molecular weight is 380 g/mol. The van der Waals surface area contributed by atoms with E-state index in [0.29, 0.717) is 0 Å². The van der Waals surface area contributed by atoms with E-state index in [2.05, 4.69) is 36.4 Å². The standard InChI is InChI=1S/2C12H14O2/c2*1-7-3-4-8(2)9(5-7)10-6-11(10)12(13)14/h2*3-5,10-11H,6H2,1-2H3,(H,13,14). The first-order chi connectivity index (χ1) is 13.2. The molecule has 0 radical (unpaired) electrons. The molecule has 2 saturated carbocycles. The summed E-state index contributed by atoms with van der Waals surface area (Å²) < 4.78 is 0. The van der Waals surface area contributed by atoms with Crippen molar-refractivity contribution in [2.24, 2.45) is 11.8 Å². The Balaban J connectivity index is 0.000000161. The number of aryl methyl sites for hydroxylation is 4. The van der Waals surface area contributed by atoms with E-state index in [1.165, 1.54) is 33.4 Å². The second-order valence-electron chi connectivity index (χ2n) is 8.29. The van der Waals surface area contributed by atoms with Crippen LogP contribution in [0.4, 0.5) is 0 Å². The highest BCUT2D eigenvalue weighted by Gasteiger charge is 2.45. The molecule has 4 atom stereocenters. The molecule has 4 rings (SSSR count). The van der Waals surface area contributed by atoms with E-state index in [1.54, 1.807) is 0 Å². The maximum atomic E-state index is 10.7. The predicted molar refractivity (Wildman–Crippen MR) is 109 cm³/mol. The maximum Gasteiger partial charge on any atom is 0.307 e. The van der Waals surface area contributed by atoms with E-state index in [-0.39, 0.29) is 23.7 Å². The van der Waals surface area contributed by atoms with Gasteiger partial charge >= 0.3 is 11.9 Å². The Labute approximate surface area is 166 Å². The zero-order valence-corrected chi connectivity index (χ0v) is 16.9. The summed E-state index contributed by atoms with van der Waals surface area (Å²) in [6.45, 7) is 8.18. The molecule has 0 spiro atoms. The van der Waals surface area contributed by atoms with Gasteiger partial charge in [0.15, 0.2) is 0 Å². The predicted octanol–water partition coefficient (Wildman–Crippen LogP) is 4.98. The molecule has 0 saturated heterocycles. The van der Waals surface area contributed by atoms with Gasteiger partial charge in [0.25, 0.3) is 0 Å². The summed E-state index contributed by atoms with van der Waals surface area (Å²) in [5, 5.41) is 17.7. The van der Waals surface area contributed by atoms with Crippen LogP contribution in [0.15, 0.2) is 36.4 Å². The molecule has 0 aromatic heterocycles. The minimum absolute atomic E-state index is 0.143. The van der Waals surface area contributed by atoms with Crippen LogP contribution >= 0.6 is 0 Å². The molecule has 0 heterocycles. The van der Waals surface area contributed by atoms with E-state index >= 15 is 0 Å². The van der Waals surface area contributed by atoms with Crippen LogP contribution in [-0.4, -0.2) is 22.2 Å². The number of hydrogen-bond donors (Lipinski definition) is 2. The Morgan fingerprint density at radius 3 is 1.36 bits per heavy atom. The molecular formula is C24H28O4. The smallest absolute Gasteiger partial charge is 0.307 e. The Morgan fingerprint density at radius 1 is 0.714 bits per heavy atom. The summed E-state index contributed by atoms with van der Waals surface area (Å²) in [5.41, 5.74) is 7.28. The van der Waals surface area contributed by atoms with Crippen LogP contribution in [-0.2, 0) is 9.59 Å². The van der Waals surface area contributed by atoms with Crippen LogP contribution in [0.25, 0.3) is 0 Å². The molecule has 0 bridgehead atoms. The average Bonchev–Trinajstić information content (AvgIpc) is 3.52. The third-order valence-electron chi connectivity index (χ3n) is 5.88. The van der Waals surface area contributed by atoms with Crippen LogP contribution in [0.2, 0.25) is 0 Å². The Hall–Kier alpha value is -2.62. The van der Waals surface area contributed by atoms with Crippen molar-refractivity contribution in [3.63, 3.8) is 0 Å². The largest absolute Gasteiger partial charge is 0.481 e. The van der Waals surface area contributed by atoms with Crippen molar-refractivity contribution in [3.05, 3.63) is 69.8 Å². The van der Waals surface area contributed by atoms with Crippen LogP contribution < -0.4 is 0 Å². The molecule has 4 unspecified atom stereocenters. The minimum atomic E-state index is -0.657. The van der Waals surface area contributed by atoms with Gasteiger partial charge in [0.1, 0.15) is 0 Å². The van der Waals surface area contributed by atoms with Crippen LogP contribution in [0.1, 0.15) is 58.1 Å². The summed E-state index contributed by atoms with van der Waals surface area (Å²) in [4.78, 5) is 21.5. The van der Waals surface area contributed by atoms with Crippen LogP contribution in [0.5, 0.6) is 0 Å². The van der Waals surface area contributed by atoms with Crippen molar-refractivity contribution in [1.82, 2.24) is 0 Å². The minimum Gasteiger partial charge on any atom is -0.481 e. The van der Waals surface area contributed by atoms with Crippen molar-refractivity contribution in [1.29, 1.82) is 0 Å². The highest BCUT2D eigenvalue weighted by atomic mass is 16.4. The summed E-state index contributed by atoms with van der Waals surface area (Å²) in [6.07, 6.45) is 1.61. The van der Waals surface area contributed by atoms with Crippen LogP contribution in [0, 0.1) is 39.5 Å². The lowest BCUT2D eigenvalue weighted by atomic mass is 10.0. The van der Waals surface area contributed by atoms with Crippen molar-refractivity contribution < 1.29 is 19.8 Å². The molecule has 2 fully saturated rings. The third kappa shape index (κ3) is 4.44. The van der Waals surface area contributed by atoms with Crippen molar-refractivity contribution in [2.75, 3.05) is 0 Å². The third-order valence-corrected chi connectivity index (χ3v) is 5.88. The molecule has 2 aromatic rings. The molecule has 2 aliphatic carbocycles. The van der Waals surface area contributed by atoms with E-state index in [0.717, 1.165) is 12.8 Å². The fraction of sp³-hybridized carbons (Fsp3) is 0.417. The molecule has 4 nitrogen and oxygen atoms in total. The molecule has 0 aliphatic heterocycles. The first-order valence-corrected chi connectivity index (χ1v) is 9.79. The van der Waals surface area contributed by atoms with Crippen LogP contribution in [0.3, 0.4) is 0 Å². The summed E-state index contributed by atoms with van der Waals surface area (Å²) in [5.74, 6) is -1.09. The molecule has 2 aliphatic rings. The van der Waals surface area contributed by atoms with Gasteiger partial charge in [-0.05, 0) is 74.6 Å². The van der Waals surface area contributed by atoms with E-state index in [9.17, 15) is 9.59 Å². The summed E-state index contributed by atoms with van der Waals surface area (Å²) in [6, 6.07) is 12.5. The number of carboxylic acid groups (broad SMARTS) is 2. The fourth-order valence-electron chi connectivity index (χ4n) is 3.94. The summed E-state index contributed by atoms with van der Waals surface area (Å²) >= 11 is 0. The lowest BCUT2D eigenvalue weighted by Gasteiger charge is -2.05. The summed E-state index contributed by atoms with van der Waals surface area (Å²) in [7, 11) is 0. The van der Waals surface area contributed by atoms with Gasteiger partial charge in [0, 0.05) is 0 Å². The van der Waals surface area contributed by atoms with Gasteiger partial charge in [-0.1, -0.05) is 47.5 Å². The highest BCUT2D eigenvalue weighted by Crippen LogP contribution is 2.49. The van der Waals surface area contributed by atoms with E-state index in [1.807, 2.05) is 27.7 Å². The van der Waals surface area contributed by atoms with Gasteiger partial charge in [0.2, 0.25) is 0 Å². The quantitative estimate of drug-likeness (QED) is 0.784. The molecular weight excluding hydrogens is 352 g/mol. The molecule has 0 amide bonds. The topological polar surface area (TPSA) is 74.6 Å². The number of carbonyl (C=O) groups is 2.